The molecule has 2 heterocycles. The molecule has 31 heavy (non-hydrogen) atoms. The van der Waals surface area contributed by atoms with Crippen LogP contribution in [-0.4, -0.2) is 41.1 Å². The zero-order chi connectivity index (χ0) is 22.0. The van der Waals surface area contributed by atoms with Gasteiger partial charge in [0.1, 0.15) is 12.1 Å². The highest BCUT2D eigenvalue weighted by molar-refractivity contribution is 9.10. The van der Waals surface area contributed by atoms with Crippen LogP contribution in [-0.2, 0) is 0 Å². The Labute approximate surface area is 190 Å². The van der Waals surface area contributed by atoms with Crippen molar-refractivity contribution in [1.82, 2.24) is 9.97 Å². The number of benzene rings is 2. The summed E-state index contributed by atoms with van der Waals surface area (Å²) in [5, 5.41) is 15.3. The topological polar surface area (TPSA) is 87.4 Å². The van der Waals surface area contributed by atoms with Gasteiger partial charge in [0.25, 0.3) is 0 Å². The highest BCUT2D eigenvalue weighted by Gasteiger charge is 2.29. The van der Waals surface area contributed by atoms with Crippen LogP contribution in [0, 0.1) is 15.9 Å². The maximum Gasteiger partial charge on any atom is 0.353 e. The number of aromatic nitrogens is 2. The van der Waals surface area contributed by atoms with Crippen molar-refractivity contribution in [2.75, 3.05) is 41.3 Å². The summed E-state index contributed by atoms with van der Waals surface area (Å²) in [4.78, 5) is 23.5. The van der Waals surface area contributed by atoms with E-state index in [-0.39, 0.29) is 23.0 Å². The van der Waals surface area contributed by atoms with Crippen molar-refractivity contribution >= 4 is 56.2 Å². The molecule has 1 N–H and O–H groups in total. The average molecular weight is 508 g/mol. The van der Waals surface area contributed by atoms with E-state index in [1.54, 1.807) is 6.07 Å². The highest BCUT2D eigenvalue weighted by Crippen LogP contribution is 2.35. The summed E-state index contributed by atoms with van der Waals surface area (Å²) in [6.07, 6.45) is 1.24. The monoisotopic (exact) mass is 506 g/mol. The molecular weight excluding hydrogens is 491 g/mol. The lowest BCUT2D eigenvalue weighted by Crippen LogP contribution is -2.47. The summed E-state index contributed by atoms with van der Waals surface area (Å²) in [5.74, 6) is -0.418. The van der Waals surface area contributed by atoms with Crippen LogP contribution in [0.1, 0.15) is 0 Å². The third-order valence-corrected chi connectivity index (χ3v) is 5.65. The van der Waals surface area contributed by atoms with Gasteiger partial charge in [-0.3, -0.25) is 10.1 Å². The number of rotatable bonds is 5. The number of hydrogen-bond donors (Lipinski definition) is 1. The van der Waals surface area contributed by atoms with Gasteiger partial charge in [-0.1, -0.05) is 33.6 Å². The summed E-state index contributed by atoms with van der Waals surface area (Å²) in [6.45, 7) is 2.34. The van der Waals surface area contributed by atoms with Crippen molar-refractivity contribution in [2.45, 2.75) is 0 Å². The Hall–Kier alpha value is -2.98. The molecule has 0 aliphatic carbocycles. The fraction of sp³-hybridized carbons (Fsp3) is 0.200. The molecular formula is C20H17BrClFN6O2. The molecule has 11 heteroatoms. The largest absolute Gasteiger partial charge is 0.368 e. The molecule has 0 bridgehead atoms. The van der Waals surface area contributed by atoms with Crippen molar-refractivity contribution in [1.29, 1.82) is 0 Å². The van der Waals surface area contributed by atoms with Crippen LogP contribution in [0.3, 0.4) is 0 Å². The Bertz CT molecular complexity index is 1130. The van der Waals surface area contributed by atoms with E-state index in [1.165, 1.54) is 18.5 Å². The Balaban J connectivity index is 1.58. The Kier molecular flexibility index (Phi) is 6.19. The number of nitrogens with one attached hydrogen (secondary N) is 1. The second-order valence-electron chi connectivity index (χ2n) is 6.85. The van der Waals surface area contributed by atoms with E-state index < -0.39 is 10.7 Å². The minimum absolute atomic E-state index is 0.0616. The molecule has 2 aromatic carbocycles. The van der Waals surface area contributed by atoms with E-state index in [9.17, 15) is 14.5 Å². The number of piperazine rings is 1. The van der Waals surface area contributed by atoms with Crippen molar-refractivity contribution in [2.24, 2.45) is 0 Å². The molecule has 3 aromatic rings. The first-order valence-electron chi connectivity index (χ1n) is 9.39. The normalized spacial score (nSPS) is 13.9. The van der Waals surface area contributed by atoms with Crippen LogP contribution >= 0.6 is 27.5 Å². The van der Waals surface area contributed by atoms with Gasteiger partial charge in [-0.25, -0.2) is 14.4 Å². The Morgan fingerprint density at radius 3 is 2.52 bits per heavy atom. The quantitative estimate of drug-likeness (QED) is 0.384. The molecule has 4 rings (SSSR count). The van der Waals surface area contributed by atoms with Gasteiger partial charge in [0.15, 0.2) is 0 Å². The van der Waals surface area contributed by atoms with Crippen molar-refractivity contribution in [3.8, 4) is 0 Å². The number of hydrogen-bond acceptors (Lipinski definition) is 7. The van der Waals surface area contributed by atoms with Crippen molar-refractivity contribution in [3.05, 3.63) is 74.2 Å². The van der Waals surface area contributed by atoms with Gasteiger partial charge >= 0.3 is 5.69 Å². The molecule has 0 saturated carbocycles. The molecule has 0 atom stereocenters. The summed E-state index contributed by atoms with van der Waals surface area (Å²) >= 11 is 9.27. The summed E-state index contributed by atoms with van der Waals surface area (Å²) in [6, 6.07) is 11.9. The molecule has 0 amide bonds. The highest BCUT2D eigenvalue weighted by atomic mass is 79.9. The minimum atomic E-state index is -0.557. The number of nitrogens with zero attached hydrogens (tertiary/aromatic N) is 5. The smallest absolute Gasteiger partial charge is 0.353 e. The maximum absolute atomic E-state index is 14.2. The SMILES string of the molecule is O=[N+]([O-])c1c(Nc2ccc(Br)cc2F)ncnc1N1CCN(c2cccc(Cl)c2)CC1. The summed E-state index contributed by atoms with van der Waals surface area (Å²) in [5.41, 5.74) is 0.792. The van der Waals surface area contributed by atoms with Crippen LogP contribution in [0.15, 0.2) is 53.3 Å². The lowest BCUT2D eigenvalue weighted by Gasteiger charge is -2.36. The summed E-state index contributed by atoms with van der Waals surface area (Å²) in [7, 11) is 0. The fourth-order valence-corrected chi connectivity index (χ4v) is 3.95. The molecule has 1 aliphatic rings. The molecule has 1 saturated heterocycles. The van der Waals surface area contributed by atoms with Gasteiger partial charge in [0.2, 0.25) is 11.6 Å². The Morgan fingerprint density at radius 2 is 1.84 bits per heavy atom. The van der Waals surface area contributed by atoms with E-state index in [4.69, 9.17) is 11.6 Å². The second kappa shape index (κ2) is 9.03. The van der Waals surface area contributed by atoms with Gasteiger partial charge in [-0.2, -0.15) is 0 Å². The second-order valence-corrected chi connectivity index (χ2v) is 8.21. The third-order valence-electron chi connectivity index (χ3n) is 4.92. The number of anilines is 4. The molecule has 8 nitrogen and oxygen atoms in total. The summed E-state index contributed by atoms with van der Waals surface area (Å²) < 4.78 is 14.8. The van der Waals surface area contributed by atoms with Crippen LogP contribution in [0.2, 0.25) is 5.02 Å². The standard InChI is InChI=1S/C20H17BrClFN6O2/c21-13-4-5-17(16(23)10-13)26-19-18(29(30)31)20(25-12-24-19)28-8-6-27(7-9-28)15-3-1-2-14(22)11-15/h1-5,10-12H,6-9H2,(H,24,25,26). The van der Waals surface area contributed by atoms with Gasteiger partial charge in [-0.05, 0) is 36.4 Å². The van der Waals surface area contributed by atoms with Gasteiger partial charge in [-0.15, -0.1) is 0 Å². The molecule has 1 fully saturated rings. The predicted molar refractivity (Wildman–Crippen MR) is 122 cm³/mol. The number of halogens is 3. The zero-order valence-electron chi connectivity index (χ0n) is 16.1. The van der Waals surface area contributed by atoms with Crippen molar-refractivity contribution < 1.29 is 9.31 Å². The molecule has 1 aromatic heterocycles. The lowest BCUT2D eigenvalue weighted by molar-refractivity contribution is -0.383. The average Bonchev–Trinajstić information content (AvgIpc) is 2.75. The molecule has 1 aliphatic heterocycles. The molecule has 0 radical (unpaired) electrons. The first-order chi connectivity index (χ1) is 14.9. The van der Waals surface area contributed by atoms with E-state index in [1.807, 2.05) is 29.2 Å². The predicted octanol–water partition coefficient (Wildman–Crippen LogP) is 5.01. The van der Waals surface area contributed by atoms with E-state index in [0.29, 0.717) is 35.7 Å². The van der Waals surface area contributed by atoms with Gasteiger partial charge < -0.3 is 15.1 Å². The van der Waals surface area contributed by atoms with Gasteiger partial charge in [0, 0.05) is 41.4 Å². The third kappa shape index (κ3) is 4.70. The fourth-order valence-electron chi connectivity index (χ4n) is 3.43. The van der Waals surface area contributed by atoms with Crippen LogP contribution in [0.25, 0.3) is 0 Å². The zero-order valence-corrected chi connectivity index (χ0v) is 18.5. The van der Waals surface area contributed by atoms with Crippen molar-refractivity contribution in [3.63, 3.8) is 0 Å². The first-order valence-corrected chi connectivity index (χ1v) is 10.6. The molecule has 0 spiro atoms. The number of nitro groups is 1. The maximum atomic E-state index is 14.2. The minimum Gasteiger partial charge on any atom is -0.368 e. The lowest BCUT2D eigenvalue weighted by atomic mass is 10.2. The van der Waals surface area contributed by atoms with Gasteiger partial charge in [0.05, 0.1) is 10.6 Å². The van der Waals surface area contributed by atoms with E-state index in [2.05, 4.69) is 36.1 Å². The van der Waals surface area contributed by atoms with Crippen LogP contribution in [0.5, 0.6) is 0 Å². The first kappa shape index (κ1) is 21.3. The van der Waals surface area contributed by atoms with E-state index in [0.717, 1.165) is 5.69 Å². The van der Waals surface area contributed by atoms with Crippen LogP contribution < -0.4 is 15.1 Å². The van der Waals surface area contributed by atoms with Crippen LogP contribution in [0.4, 0.5) is 33.1 Å². The molecule has 160 valence electrons. The van der Waals surface area contributed by atoms with E-state index >= 15 is 0 Å². The molecule has 0 unspecified atom stereocenters. The Morgan fingerprint density at radius 1 is 1.10 bits per heavy atom.